The van der Waals surface area contributed by atoms with Crippen LogP contribution in [-0.2, 0) is 6.42 Å². The minimum Gasteiger partial charge on any atom is -0.478 e. The van der Waals surface area contributed by atoms with Crippen LogP contribution in [0.25, 0.3) is 0 Å². The summed E-state index contributed by atoms with van der Waals surface area (Å²) in [6.45, 7) is 0. The maximum Gasteiger partial charge on any atom is 0.335 e. The predicted molar refractivity (Wildman–Crippen MR) is 56.4 cm³/mol. The molecule has 3 nitrogen and oxygen atoms in total. The normalized spacial score (nSPS) is 19.4. The highest BCUT2D eigenvalue weighted by Gasteiger charge is 2.23. The Bertz CT molecular complexity index is 403. The van der Waals surface area contributed by atoms with Crippen LogP contribution < -0.4 is 5.73 Å². The van der Waals surface area contributed by atoms with E-state index in [0.29, 0.717) is 5.56 Å². The van der Waals surface area contributed by atoms with Crippen LogP contribution in [0.2, 0.25) is 0 Å². The summed E-state index contributed by atoms with van der Waals surface area (Å²) >= 11 is 3.36. The van der Waals surface area contributed by atoms with Gasteiger partial charge in [0.25, 0.3) is 0 Å². The van der Waals surface area contributed by atoms with Gasteiger partial charge in [0.15, 0.2) is 0 Å². The summed E-state index contributed by atoms with van der Waals surface area (Å²) in [5, 5.41) is 8.85. The van der Waals surface area contributed by atoms with E-state index < -0.39 is 5.97 Å². The first-order valence-electron chi connectivity index (χ1n) is 4.41. The van der Waals surface area contributed by atoms with Crippen LogP contribution in [0, 0.1) is 0 Å². The number of carboxylic acid groups (broad SMARTS) is 1. The molecule has 0 amide bonds. The van der Waals surface area contributed by atoms with Gasteiger partial charge in [0, 0.05) is 10.5 Å². The van der Waals surface area contributed by atoms with E-state index in [4.69, 9.17) is 10.8 Å². The number of hydrogen-bond donors (Lipinski definition) is 2. The van der Waals surface area contributed by atoms with Crippen LogP contribution in [0.4, 0.5) is 0 Å². The van der Waals surface area contributed by atoms with E-state index in [1.165, 1.54) is 0 Å². The van der Waals surface area contributed by atoms with E-state index in [1.54, 1.807) is 12.1 Å². The average Bonchev–Trinajstić information content (AvgIpc) is 2.48. The summed E-state index contributed by atoms with van der Waals surface area (Å²) in [7, 11) is 0. The molecule has 2 rings (SSSR count). The monoisotopic (exact) mass is 255 g/mol. The molecule has 3 N–H and O–H groups in total. The molecule has 0 fully saturated rings. The molecule has 0 saturated carbocycles. The van der Waals surface area contributed by atoms with Crippen LogP contribution in [0.1, 0.15) is 33.9 Å². The van der Waals surface area contributed by atoms with Crippen LogP contribution in [0.3, 0.4) is 0 Å². The molecule has 0 aromatic heterocycles. The van der Waals surface area contributed by atoms with Gasteiger partial charge >= 0.3 is 5.97 Å². The van der Waals surface area contributed by atoms with Crippen molar-refractivity contribution in [2.75, 3.05) is 0 Å². The molecule has 0 heterocycles. The molecule has 4 heteroatoms. The lowest BCUT2D eigenvalue weighted by Gasteiger charge is -2.08. The molecule has 0 aliphatic heterocycles. The van der Waals surface area contributed by atoms with Gasteiger partial charge in [-0.05, 0) is 36.1 Å². The summed E-state index contributed by atoms with van der Waals surface area (Å²) in [6.07, 6.45) is 1.77. The second kappa shape index (κ2) is 3.37. The van der Waals surface area contributed by atoms with Crippen molar-refractivity contribution >= 4 is 21.9 Å². The summed E-state index contributed by atoms with van der Waals surface area (Å²) in [4.78, 5) is 10.8. The number of halogens is 1. The fourth-order valence-electron chi connectivity index (χ4n) is 1.88. The van der Waals surface area contributed by atoms with Gasteiger partial charge in [0.05, 0.1) is 5.56 Å². The maximum absolute atomic E-state index is 10.8. The molecule has 14 heavy (non-hydrogen) atoms. The first-order chi connectivity index (χ1) is 6.59. The summed E-state index contributed by atoms with van der Waals surface area (Å²) in [5.74, 6) is -0.894. The van der Waals surface area contributed by atoms with Crippen LogP contribution in [0.15, 0.2) is 16.6 Å². The van der Waals surface area contributed by atoms with E-state index in [0.717, 1.165) is 28.4 Å². The molecule has 0 bridgehead atoms. The molecule has 0 spiro atoms. The highest BCUT2D eigenvalue weighted by molar-refractivity contribution is 9.10. The molecular formula is C10H10BrNO2. The molecule has 1 aromatic rings. The number of rotatable bonds is 1. The van der Waals surface area contributed by atoms with Crippen molar-refractivity contribution in [2.45, 2.75) is 18.9 Å². The lowest BCUT2D eigenvalue weighted by molar-refractivity contribution is 0.0696. The van der Waals surface area contributed by atoms with Gasteiger partial charge < -0.3 is 10.8 Å². The summed E-state index contributed by atoms with van der Waals surface area (Å²) < 4.78 is 0.817. The van der Waals surface area contributed by atoms with Crippen molar-refractivity contribution in [2.24, 2.45) is 5.73 Å². The number of aromatic carboxylic acids is 1. The number of hydrogen-bond acceptors (Lipinski definition) is 2. The Kier molecular flexibility index (Phi) is 2.33. The van der Waals surface area contributed by atoms with Gasteiger partial charge in [-0.2, -0.15) is 0 Å². The number of aryl methyl sites for hydroxylation is 1. The lowest BCUT2D eigenvalue weighted by atomic mass is 10.1. The number of carbonyl (C=O) groups is 1. The SMILES string of the molecule is N[C@H]1CCc2cc(C(=O)O)cc(Br)c21. The van der Waals surface area contributed by atoms with Crippen molar-refractivity contribution in [1.29, 1.82) is 0 Å². The number of fused-ring (bicyclic) bond motifs is 1. The molecule has 1 aromatic carbocycles. The molecule has 1 aliphatic rings. The van der Waals surface area contributed by atoms with Crippen molar-refractivity contribution in [3.8, 4) is 0 Å². The summed E-state index contributed by atoms with van der Waals surface area (Å²) in [6, 6.07) is 3.38. The molecule has 74 valence electrons. The van der Waals surface area contributed by atoms with Crippen molar-refractivity contribution in [3.05, 3.63) is 33.3 Å². The van der Waals surface area contributed by atoms with Gasteiger partial charge in [-0.25, -0.2) is 4.79 Å². The summed E-state index contributed by atoms with van der Waals surface area (Å²) in [5.41, 5.74) is 8.34. The van der Waals surface area contributed by atoms with E-state index in [2.05, 4.69) is 15.9 Å². The minimum atomic E-state index is -0.894. The Morgan fingerprint density at radius 3 is 2.93 bits per heavy atom. The quantitative estimate of drug-likeness (QED) is 0.808. The zero-order valence-electron chi connectivity index (χ0n) is 7.46. The van der Waals surface area contributed by atoms with Gasteiger partial charge in [-0.1, -0.05) is 15.9 Å². The highest BCUT2D eigenvalue weighted by atomic mass is 79.9. The van der Waals surface area contributed by atoms with Gasteiger partial charge in [0.1, 0.15) is 0 Å². The molecule has 0 unspecified atom stereocenters. The Hall–Kier alpha value is -0.870. The smallest absolute Gasteiger partial charge is 0.335 e. The Labute approximate surface area is 90.0 Å². The largest absolute Gasteiger partial charge is 0.478 e. The fourth-order valence-corrected chi connectivity index (χ4v) is 2.67. The minimum absolute atomic E-state index is 0.0437. The van der Waals surface area contributed by atoms with E-state index in [9.17, 15) is 4.79 Å². The maximum atomic E-state index is 10.8. The third-order valence-corrected chi connectivity index (χ3v) is 3.21. The second-order valence-electron chi connectivity index (χ2n) is 3.48. The fraction of sp³-hybridized carbons (Fsp3) is 0.300. The standard InChI is InChI=1S/C10H10BrNO2/c11-7-4-6(10(13)14)3-5-1-2-8(12)9(5)7/h3-4,8H,1-2,12H2,(H,13,14)/t8-/m0/s1. The van der Waals surface area contributed by atoms with Crippen molar-refractivity contribution in [3.63, 3.8) is 0 Å². The van der Waals surface area contributed by atoms with Crippen molar-refractivity contribution in [1.82, 2.24) is 0 Å². The first-order valence-corrected chi connectivity index (χ1v) is 5.20. The highest BCUT2D eigenvalue weighted by Crippen LogP contribution is 2.35. The molecule has 0 radical (unpaired) electrons. The topological polar surface area (TPSA) is 63.3 Å². The van der Waals surface area contributed by atoms with Gasteiger partial charge in [-0.15, -0.1) is 0 Å². The molecule has 0 saturated heterocycles. The third kappa shape index (κ3) is 1.44. The van der Waals surface area contributed by atoms with Crippen LogP contribution in [0.5, 0.6) is 0 Å². The van der Waals surface area contributed by atoms with Crippen LogP contribution >= 0.6 is 15.9 Å². The van der Waals surface area contributed by atoms with Gasteiger partial charge in [0.2, 0.25) is 0 Å². The molecule has 1 atom stereocenters. The Morgan fingerprint density at radius 1 is 1.57 bits per heavy atom. The van der Waals surface area contributed by atoms with Crippen LogP contribution in [-0.4, -0.2) is 11.1 Å². The predicted octanol–water partition coefficient (Wildman–Crippen LogP) is 2.09. The zero-order valence-corrected chi connectivity index (χ0v) is 9.04. The molecular weight excluding hydrogens is 246 g/mol. The first kappa shape index (κ1) is 9.68. The third-order valence-electron chi connectivity index (χ3n) is 2.56. The van der Waals surface area contributed by atoms with Gasteiger partial charge in [-0.3, -0.25) is 0 Å². The Balaban J connectivity index is 2.57. The van der Waals surface area contributed by atoms with E-state index in [1.807, 2.05) is 0 Å². The Morgan fingerprint density at radius 2 is 2.29 bits per heavy atom. The zero-order chi connectivity index (χ0) is 10.3. The molecule has 1 aliphatic carbocycles. The van der Waals surface area contributed by atoms with E-state index >= 15 is 0 Å². The number of nitrogens with two attached hydrogens (primary N) is 1. The number of benzene rings is 1. The average molecular weight is 256 g/mol. The second-order valence-corrected chi connectivity index (χ2v) is 4.34. The van der Waals surface area contributed by atoms with Crippen molar-refractivity contribution < 1.29 is 9.90 Å². The van der Waals surface area contributed by atoms with E-state index in [-0.39, 0.29) is 6.04 Å². The lowest BCUT2D eigenvalue weighted by Crippen LogP contribution is -2.07. The number of carboxylic acids is 1.